The molecule has 0 saturated carbocycles. The van der Waals surface area contributed by atoms with Crippen molar-refractivity contribution in [3.05, 3.63) is 42.2 Å². The number of hydrogen-bond donors (Lipinski definition) is 1. The van der Waals surface area contributed by atoms with Gasteiger partial charge in [-0.05, 0) is 62.3 Å². The van der Waals surface area contributed by atoms with Gasteiger partial charge in [-0.3, -0.25) is 4.79 Å². The number of aromatic nitrogens is 2. The van der Waals surface area contributed by atoms with E-state index in [-0.39, 0.29) is 5.91 Å². The molecule has 2 aliphatic rings. The molecule has 2 aromatic rings. The molecule has 2 saturated heterocycles. The predicted octanol–water partition coefficient (Wildman–Crippen LogP) is 3.96. The number of nitrogens with zero attached hydrogens (tertiary/aromatic N) is 4. The lowest BCUT2D eigenvalue weighted by atomic mass is 9.99. The van der Waals surface area contributed by atoms with E-state index in [9.17, 15) is 4.79 Å². The molecule has 0 atom stereocenters. The molecule has 6 nitrogen and oxygen atoms in total. The van der Waals surface area contributed by atoms with E-state index in [1.165, 1.54) is 37.8 Å². The van der Waals surface area contributed by atoms with Crippen LogP contribution in [0.4, 0.5) is 17.3 Å². The van der Waals surface area contributed by atoms with E-state index in [0.717, 1.165) is 43.7 Å². The Morgan fingerprint density at radius 2 is 1.57 bits per heavy atom. The molecule has 0 aliphatic carbocycles. The fraction of sp³-hybridized carbons (Fsp3) is 0.500. The summed E-state index contributed by atoms with van der Waals surface area (Å²) in [5.74, 6) is 1.36. The van der Waals surface area contributed by atoms with E-state index >= 15 is 0 Å². The van der Waals surface area contributed by atoms with Crippen molar-refractivity contribution in [1.29, 1.82) is 0 Å². The fourth-order valence-electron chi connectivity index (χ4n) is 3.92. The standard InChI is InChI=1S/C22H29N5O/c1-17-9-13-26(14-10-17)20-7-5-19(6-8-20)25-21(28)18-15-23-22(24-16-18)27-11-3-2-4-12-27/h5-8,15-17H,2-4,9-14H2,1H3,(H,25,28). The molecule has 0 radical (unpaired) electrons. The lowest BCUT2D eigenvalue weighted by molar-refractivity contribution is 0.102. The van der Waals surface area contributed by atoms with Gasteiger partial charge in [0, 0.05) is 49.9 Å². The molecule has 3 heterocycles. The van der Waals surface area contributed by atoms with E-state index in [0.29, 0.717) is 5.56 Å². The van der Waals surface area contributed by atoms with Crippen molar-refractivity contribution in [3.63, 3.8) is 0 Å². The van der Waals surface area contributed by atoms with E-state index in [1.807, 2.05) is 12.1 Å². The quantitative estimate of drug-likeness (QED) is 0.871. The largest absolute Gasteiger partial charge is 0.372 e. The molecule has 28 heavy (non-hydrogen) atoms. The highest BCUT2D eigenvalue weighted by molar-refractivity contribution is 6.03. The van der Waals surface area contributed by atoms with Crippen molar-refractivity contribution >= 4 is 23.2 Å². The normalized spacial score (nSPS) is 18.2. The third-order valence-electron chi connectivity index (χ3n) is 5.81. The first-order valence-electron chi connectivity index (χ1n) is 10.4. The van der Waals surface area contributed by atoms with E-state index in [2.05, 4.69) is 44.1 Å². The third-order valence-corrected chi connectivity index (χ3v) is 5.81. The van der Waals surface area contributed by atoms with Gasteiger partial charge in [0.1, 0.15) is 0 Å². The van der Waals surface area contributed by atoms with Crippen LogP contribution in [0.15, 0.2) is 36.7 Å². The number of carbonyl (C=O) groups excluding carboxylic acids is 1. The second kappa shape index (κ2) is 8.59. The molecule has 1 aromatic carbocycles. The average Bonchev–Trinajstić information content (AvgIpc) is 2.76. The molecule has 2 fully saturated rings. The fourth-order valence-corrected chi connectivity index (χ4v) is 3.92. The van der Waals surface area contributed by atoms with Gasteiger partial charge >= 0.3 is 0 Å². The van der Waals surface area contributed by atoms with Crippen molar-refractivity contribution in [2.45, 2.75) is 39.0 Å². The molecular weight excluding hydrogens is 350 g/mol. The number of benzene rings is 1. The molecule has 148 valence electrons. The minimum Gasteiger partial charge on any atom is -0.372 e. The lowest BCUT2D eigenvalue weighted by Crippen LogP contribution is -2.32. The first-order valence-corrected chi connectivity index (χ1v) is 10.4. The van der Waals surface area contributed by atoms with Crippen LogP contribution in [-0.2, 0) is 0 Å². The van der Waals surface area contributed by atoms with Crippen LogP contribution in [0.2, 0.25) is 0 Å². The molecule has 0 spiro atoms. The number of piperidine rings is 2. The monoisotopic (exact) mass is 379 g/mol. The molecule has 0 unspecified atom stereocenters. The van der Waals surface area contributed by atoms with Crippen LogP contribution in [0.25, 0.3) is 0 Å². The molecule has 1 N–H and O–H groups in total. The highest BCUT2D eigenvalue weighted by atomic mass is 16.1. The Kier molecular flexibility index (Phi) is 5.74. The SMILES string of the molecule is CC1CCN(c2ccc(NC(=O)c3cnc(N4CCCCC4)nc3)cc2)CC1. The smallest absolute Gasteiger partial charge is 0.258 e. The first-order chi connectivity index (χ1) is 13.7. The van der Waals surface area contributed by atoms with Gasteiger partial charge in [0.2, 0.25) is 5.95 Å². The van der Waals surface area contributed by atoms with Gasteiger partial charge in [0.15, 0.2) is 0 Å². The van der Waals surface area contributed by atoms with Crippen LogP contribution >= 0.6 is 0 Å². The Labute approximate surface area is 167 Å². The summed E-state index contributed by atoms with van der Waals surface area (Å²) in [6.07, 6.45) is 9.35. The average molecular weight is 380 g/mol. The van der Waals surface area contributed by atoms with Crippen LogP contribution in [0.3, 0.4) is 0 Å². The first kappa shape index (κ1) is 18.7. The molecule has 2 aliphatic heterocycles. The number of carbonyl (C=O) groups is 1. The molecule has 0 bridgehead atoms. The van der Waals surface area contributed by atoms with Crippen LogP contribution in [-0.4, -0.2) is 42.1 Å². The zero-order chi connectivity index (χ0) is 19.3. The van der Waals surface area contributed by atoms with Gasteiger partial charge in [-0.15, -0.1) is 0 Å². The molecule has 1 aromatic heterocycles. The second-order valence-corrected chi connectivity index (χ2v) is 7.99. The lowest BCUT2D eigenvalue weighted by Gasteiger charge is -2.32. The summed E-state index contributed by atoms with van der Waals surface area (Å²) in [5, 5.41) is 2.94. The van der Waals surface area contributed by atoms with Crippen LogP contribution < -0.4 is 15.1 Å². The Morgan fingerprint density at radius 3 is 2.21 bits per heavy atom. The van der Waals surface area contributed by atoms with E-state index in [1.54, 1.807) is 12.4 Å². The summed E-state index contributed by atoms with van der Waals surface area (Å²) in [4.78, 5) is 25.9. The van der Waals surface area contributed by atoms with Crippen LogP contribution in [0.5, 0.6) is 0 Å². The summed E-state index contributed by atoms with van der Waals surface area (Å²) in [6, 6.07) is 8.10. The number of rotatable bonds is 4. The van der Waals surface area contributed by atoms with Crippen molar-refractivity contribution in [3.8, 4) is 0 Å². The van der Waals surface area contributed by atoms with Crippen molar-refractivity contribution < 1.29 is 4.79 Å². The summed E-state index contributed by atoms with van der Waals surface area (Å²) < 4.78 is 0. The van der Waals surface area contributed by atoms with Gasteiger partial charge < -0.3 is 15.1 Å². The van der Waals surface area contributed by atoms with Gasteiger partial charge in [0.05, 0.1) is 5.56 Å². The number of hydrogen-bond acceptors (Lipinski definition) is 5. The zero-order valence-electron chi connectivity index (χ0n) is 16.6. The molecule has 4 rings (SSSR count). The Bertz CT molecular complexity index is 776. The summed E-state index contributed by atoms with van der Waals surface area (Å²) in [6.45, 7) is 6.52. The van der Waals surface area contributed by atoms with Crippen LogP contribution in [0.1, 0.15) is 49.4 Å². The van der Waals surface area contributed by atoms with Gasteiger partial charge in [-0.1, -0.05) is 6.92 Å². The summed E-state index contributed by atoms with van der Waals surface area (Å²) in [7, 11) is 0. The van der Waals surface area contributed by atoms with Gasteiger partial charge in [-0.2, -0.15) is 0 Å². The van der Waals surface area contributed by atoms with Crippen molar-refractivity contribution in [2.75, 3.05) is 41.3 Å². The Hall–Kier alpha value is -2.63. The maximum Gasteiger partial charge on any atom is 0.258 e. The minimum atomic E-state index is -0.176. The van der Waals surface area contributed by atoms with E-state index < -0.39 is 0 Å². The van der Waals surface area contributed by atoms with E-state index in [4.69, 9.17) is 0 Å². The highest BCUT2D eigenvalue weighted by Crippen LogP contribution is 2.24. The van der Waals surface area contributed by atoms with Crippen LogP contribution in [0, 0.1) is 5.92 Å². The third kappa shape index (κ3) is 4.43. The second-order valence-electron chi connectivity index (χ2n) is 7.99. The van der Waals surface area contributed by atoms with Gasteiger partial charge in [-0.25, -0.2) is 9.97 Å². The summed E-state index contributed by atoms with van der Waals surface area (Å²) >= 11 is 0. The Morgan fingerprint density at radius 1 is 0.929 bits per heavy atom. The predicted molar refractivity (Wildman–Crippen MR) is 113 cm³/mol. The maximum absolute atomic E-state index is 12.5. The molecule has 6 heteroatoms. The number of amides is 1. The molecular formula is C22H29N5O. The highest BCUT2D eigenvalue weighted by Gasteiger charge is 2.17. The number of nitrogens with one attached hydrogen (secondary N) is 1. The summed E-state index contributed by atoms with van der Waals surface area (Å²) in [5.41, 5.74) is 2.49. The number of anilines is 3. The van der Waals surface area contributed by atoms with Gasteiger partial charge in [0.25, 0.3) is 5.91 Å². The zero-order valence-corrected chi connectivity index (χ0v) is 16.6. The topological polar surface area (TPSA) is 61.4 Å². The molecule has 1 amide bonds. The Balaban J connectivity index is 1.35. The maximum atomic E-state index is 12.5. The van der Waals surface area contributed by atoms with Crippen molar-refractivity contribution in [1.82, 2.24) is 9.97 Å². The van der Waals surface area contributed by atoms with Crippen molar-refractivity contribution in [2.24, 2.45) is 5.92 Å². The minimum absolute atomic E-state index is 0.176.